The fourth-order valence-electron chi connectivity index (χ4n) is 5.17. The highest BCUT2D eigenvalue weighted by Gasteiger charge is 2.37. The molecule has 0 atom stereocenters. The van der Waals surface area contributed by atoms with Gasteiger partial charge in [0.25, 0.3) is 5.69 Å². The van der Waals surface area contributed by atoms with Crippen molar-refractivity contribution in [2.24, 2.45) is 17.2 Å². The molecule has 53 heavy (non-hydrogen) atoms. The summed E-state index contributed by atoms with van der Waals surface area (Å²) in [5, 5.41) is 10.8. The first-order chi connectivity index (χ1) is 25.5. The third-order valence-electron chi connectivity index (χ3n) is 7.54. The van der Waals surface area contributed by atoms with Crippen molar-refractivity contribution in [2.45, 2.75) is 24.1 Å². The minimum atomic E-state index is -0.988. The molecule has 14 heteroatoms. The Balaban J connectivity index is 0.00000149. The zero-order chi connectivity index (χ0) is 38.2. The maximum absolute atomic E-state index is 13.2. The van der Waals surface area contributed by atoms with Crippen LogP contribution < -0.4 is 36.1 Å². The third-order valence-corrected chi connectivity index (χ3v) is 9.09. The molecule has 0 aliphatic carbocycles. The molecule has 5 rings (SSSR count). The molecule has 0 unspecified atom stereocenters. The number of non-ortho nitro benzene ring substituents is 1. The van der Waals surface area contributed by atoms with E-state index in [4.69, 9.17) is 23.7 Å². The molecule has 0 saturated carbocycles. The molecule has 0 aliphatic heterocycles. The van der Waals surface area contributed by atoms with Crippen molar-refractivity contribution < 1.29 is 38.2 Å². The van der Waals surface area contributed by atoms with Crippen LogP contribution >= 0.6 is 11.8 Å². The molecule has 13 nitrogen and oxygen atoms in total. The predicted molar refractivity (Wildman–Crippen MR) is 202 cm³/mol. The first-order valence-electron chi connectivity index (χ1n) is 16.2. The largest absolute Gasteiger partial charge is 0.514 e. The second-order valence-corrected chi connectivity index (χ2v) is 12.5. The molecule has 0 fully saturated rings. The Morgan fingerprint density at radius 1 is 0.717 bits per heavy atom. The Labute approximate surface area is 311 Å². The lowest BCUT2D eigenvalue weighted by atomic mass is 9.84. The van der Waals surface area contributed by atoms with Gasteiger partial charge in [0.15, 0.2) is 11.5 Å². The van der Waals surface area contributed by atoms with Crippen LogP contribution in [0, 0.1) is 10.1 Å². The summed E-state index contributed by atoms with van der Waals surface area (Å²) < 4.78 is 26.2. The van der Waals surface area contributed by atoms with E-state index in [1.54, 1.807) is 37.1 Å². The lowest BCUT2D eigenvalue weighted by Crippen LogP contribution is -2.39. The molecule has 0 heterocycles. The van der Waals surface area contributed by atoms with Gasteiger partial charge in [0.1, 0.15) is 24.4 Å². The number of methoxy groups -OCH3 is 2. The summed E-state index contributed by atoms with van der Waals surface area (Å²) in [6, 6.07) is 38.2. The average Bonchev–Trinajstić information content (AvgIpc) is 3.17. The quantitative estimate of drug-likeness (QED) is 0.0212. The van der Waals surface area contributed by atoms with Crippen molar-refractivity contribution in [1.29, 1.82) is 0 Å². The zero-order valence-electron chi connectivity index (χ0n) is 29.1. The lowest BCUT2D eigenvalue weighted by molar-refractivity contribution is -0.384. The monoisotopic (exact) mass is 740 g/mol. The van der Waals surface area contributed by atoms with Gasteiger partial charge in [-0.2, -0.15) is 0 Å². The number of hydrogen-bond acceptors (Lipinski definition) is 13. The molecule has 5 aromatic carbocycles. The second-order valence-electron chi connectivity index (χ2n) is 11.2. The van der Waals surface area contributed by atoms with Gasteiger partial charge in [-0.05, 0) is 58.7 Å². The molecule has 0 spiro atoms. The standard InChI is InChI=1S/C38H33NO9S.CH7N3/c1-44-32-18-14-30(15-19-32)38(28-9-5-3-6-10-28,29-11-7-4-8-12-29)49-24-23-36(40)48-34-22-13-27(25-35(34)45-2)26-46-37(41)47-33-20-16-31(17-21-33)39(42)43;2-1(3)4/h3-22,25H,23-24,26H2,1-2H3;1H,2-4H2. The van der Waals surface area contributed by atoms with Gasteiger partial charge in [-0.1, -0.05) is 78.9 Å². The maximum Gasteiger partial charge on any atom is 0.514 e. The van der Waals surface area contributed by atoms with Gasteiger partial charge in [0.2, 0.25) is 0 Å². The Hall–Kier alpha value is -5.93. The first kappa shape index (κ1) is 39.8. The van der Waals surface area contributed by atoms with Gasteiger partial charge in [0.05, 0.1) is 30.3 Å². The van der Waals surface area contributed by atoms with Gasteiger partial charge < -0.3 is 40.9 Å². The van der Waals surface area contributed by atoms with Crippen LogP contribution in [0.3, 0.4) is 0 Å². The number of rotatable bonds is 14. The second kappa shape index (κ2) is 19.6. The highest BCUT2D eigenvalue weighted by atomic mass is 32.2. The van der Waals surface area contributed by atoms with Gasteiger partial charge >= 0.3 is 12.1 Å². The highest BCUT2D eigenvalue weighted by molar-refractivity contribution is 8.00. The molecule has 5 aromatic rings. The SMILES string of the molecule is COc1ccc(C(SCCC(=O)Oc2ccc(COC(=O)Oc3ccc([N+](=O)[O-])cc3)cc2OC)(c2ccccc2)c2ccccc2)cc1.NC(N)N. The molecule has 0 bridgehead atoms. The van der Waals surface area contributed by atoms with E-state index in [1.165, 1.54) is 31.4 Å². The van der Waals surface area contributed by atoms with Crippen molar-refractivity contribution in [3.63, 3.8) is 0 Å². The molecule has 6 N–H and O–H groups in total. The number of esters is 1. The van der Waals surface area contributed by atoms with E-state index in [9.17, 15) is 19.7 Å². The van der Waals surface area contributed by atoms with E-state index in [-0.39, 0.29) is 36.0 Å². The zero-order valence-corrected chi connectivity index (χ0v) is 29.9. The van der Waals surface area contributed by atoms with Crippen LogP contribution in [0.15, 0.2) is 127 Å². The maximum atomic E-state index is 13.2. The Morgan fingerprint density at radius 3 is 1.79 bits per heavy atom. The van der Waals surface area contributed by atoms with Crippen LogP contribution in [-0.4, -0.2) is 43.3 Å². The van der Waals surface area contributed by atoms with Crippen molar-refractivity contribution in [3.8, 4) is 23.0 Å². The van der Waals surface area contributed by atoms with Crippen molar-refractivity contribution in [2.75, 3.05) is 20.0 Å². The number of benzene rings is 5. The molecular weight excluding hydrogens is 701 g/mol. The van der Waals surface area contributed by atoms with E-state index in [2.05, 4.69) is 53.6 Å². The van der Waals surface area contributed by atoms with Crippen LogP contribution in [0.25, 0.3) is 0 Å². The normalized spacial score (nSPS) is 10.8. The molecule has 0 aliphatic rings. The topological polar surface area (TPSA) is 201 Å². The van der Waals surface area contributed by atoms with E-state index < -0.39 is 28.1 Å². The van der Waals surface area contributed by atoms with E-state index in [0.717, 1.165) is 22.4 Å². The predicted octanol–water partition coefficient (Wildman–Crippen LogP) is 6.49. The van der Waals surface area contributed by atoms with Crippen LogP contribution in [0.1, 0.15) is 28.7 Å². The summed E-state index contributed by atoms with van der Waals surface area (Å²) in [5.41, 5.74) is 17.6. The molecular formula is C39H40N4O9S. The Morgan fingerprint density at radius 2 is 1.26 bits per heavy atom. The van der Waals surface area contributed by atoms with Gasteiger partial charge in [-0.15, -0.1) is 11.8 Å². The highest BCUT2D eigenvalue weighted by Crippen LogP contribution is 2.49. The summed E-state index contributed by atoms with van der Waals surface area (Å²) in [6.45, 7) is -0.153. The lowest BCUT2D eigenvalue weighted by Gasteiger charge is -2.35. The van der Waals surface area contributed by atoms with Gasteiger partial charge in [-0.25, -0.2) is 4.79 Å². The number of hydrogen-bond donors (Lipinski definition) is 3. The summed E-state index contributed by atoms with van der Waals surface area (Å²) in [6.07, 6.45) is -1.54. The van der Waals surface area contributed by atoms with E-state index in [1.807, 2.05) is 48.5 Å². The van der Waals surface area contributed by atoms with Crippen molar-refractivity contribution in [3.05, 3.63) is 160 Å². The number of carbonyl (C=O) groups is 2. The van der Waals surface area contributed by atoms with E-state index in [0.29, 0.717) is 11.3 Å². The van der Waals surface area contributed by atoms with Gasteiger partial charge in [-0.3, -0.25) is 14.9 Å². The number of ether oxygens (including phenoxy) is 5. The summed E-state index contributed by atoms with van der Waals surface area (Å²) in [7, 11) is 3.08. The van der Waals surface area contributed by atoms with Crippen LogP contribution in [0.2, 0.25) is 0 Å². The molecule has 0 radical (unpaired) electrons. The smallest absolute Gasteiger partial charge is 0.497 e. The summed E-state index contributed by atoms with van der Waals surface area (Å²) in [5.74, 6) is 1.36. The molecule has 0 saturated heterocycles. The average molecular weight is 741 g/mol. The first-order valence-corrected chi connectivity index (χ1v) is 17.2. The number of nitro groups is 1. The third kappa shape index (κ3) is 11.3. The van der Waals surface area contributed by atoms with Crippen LogP contribution in [0.5, 0.6) is 23.0 Å². The Bertz CT molecular complexity index is 1890. The number of nitrogens with zero attached hydrogens (tertiary/aromatic N) is 1. The number of carbonyl (C=O) groups excluding carboxylic acids is 2. The van der Waals surface area contributed by atoms with Crippen molar-refractivity contribution in [1.82, 2.24) is 0 Å². The number of thioether (sulfide) groups is 1. The fraction of sp³-hybridized carbons (Fsp3) is 0.179. The summed E-state index contributed by atoms with van der Waals surface area (Å²) >= 11 is 1.64. The number of nitro benzene ring substituents is 1. The minimum absolute atomic E-state index is 0.0994. The fourth-order valence-corrected chi connectivity index (χ4v) is 6.66. The minimum Gasteiger partial charge on any atom is -0.497 e. The molecule has 0 aromatic heterocycles. The van der Waals surface area contributed by atoms with Crippen LogP contribution in [0.4, 0.5) is 10.5 Å². The van der Waals surface area contributed by atoms with Crippen molar-refractivity contribution >= 4 is 29.6 Å². The summed E-state index contributed by atoms with van der Waals surface area (Å²) in [4.78, 5) is 35.6. The van der Waals surface area contributed by atoms with E-state index >= 15 is 0 Å². The van der Waals surface area contributed by atoms with Crippen LogP contribution in [-0.2, 0) is 20.9 Å². The Kier molecular flexibility index (Phi) is 14.7. The van der Waals surface area contributed by atoms with Gasteiger partial charge in [0, 0.05) is 17.9 Å². The molecule has 276 valence electrons. The number of nitrogens with two attached hydrogens (primary N) is 3. The molecule has 0 amide bonds.